The molecule has 1 aromatic rings. The molecule has 1 atom stereocenters. The Hall–Kier alpha value is 0.110. The van der Waals surface area contributed by atoms with Gasteiger partial charge in [0.05, 0.1) is 5.02 Å². The molecule has 0 amide bonds. The molecule has 0 bridgehead atoms. The van der Waals surface area contributed by atoms with Gasteiger partial charge in [0.1, 0.15) is 0 Å². The van der Waals surface area contributed by atoms with Crippen molar-refractivity contribution in [2.24, 2.45) is 0 Å². The molecule has 1 heterocycles. The SMILES string of the molecule is CCNC1CCCSc2c(Cl)ccc(Cl)c21. The van der Waals surface area contributed by atoms with Gasteiger partial charge < -0.3 is 5.32 Å². The monoisotopic (exact) mass is 275 g/mol. The molecular formula is C12H15Cl2NS. The molecule has 0 spiro atoms. The van der Waals surface area contributed by atoms with Crippen LogP contribution < -0.4 is 5.32 Å². The smallest absolute Gasteiger partial charge is 0.0546 e. The summed E-state index contributed by atoms with van der Waals surface area (Å²) in [6.07, 6.45) is 2.33. The molecule has 4 heteroatoms. The molecule has 1 N–H and O–H groups in total. The van der Waals surface area contributed by atoms with Crippen molar-refractivity contribution in [2.45, 2.75) is 30.7 Å². The van der Waals surface area contributed by atoms with E-state index in [1.807, 2.05) is 23.9 Å². The Labute approximate surface area is 111 Å². The minimum atomic E-state index is 0.348. The van der Waals surface area contributed by atoms with E-state index in [0.29, 0.717) is 6.04 Å². The fraction of sp³-hybridized carbons (Fsp3) is 0.500. The Balaban J connectivity index is 2.46. The molecule has 0 aromatic heterocycles. The van der Waals surface area contributed by atoms with E-state index < -0.39 is 0 Å². The van der Waals surface area contributed by atoms with E-state index in [-0.39, 0.29) is 0 Å². The fourth-order valence-corrected chi connectivity index (χ4v) is 3.88. The van der Waals surface area contributed by atoms with Crippen LogP contribution in [0.5, 0.6) is 0 Å². The average Bonchev–Trinajstić information content (AvgIpc) is 2.48. The second kappa shape index (κ2) is 5.63. The minimum Gasteiger partial charge on any atom is -0.310 e. The molecule has 88 valence electrons. The van der Waals surface area contributed by atoms with Gasteiger partial charge in [0.2, 0.25) is 0 Å². The number of benzene rings is 1. The number of halogens is 2. The average molecular weight is 276 g/mol. The molecule has 1 aromatic carbocycles. The van der Waals surface area contributed by atoms with Gasteiger partial charge in [-0.2, -0.15) is 0 Å². The molecule has 0 radical (unpaired) electrons. The number of rotatable bonds is 2. The van der Waals surface area contributed by atoms with Crippen molar-refractivity contribution in [1.29, 1.82) is 0 Å². The first-order valence-corrected chi connectivity index (χ1v) is 7.32. The van der Waals surface area contributed by atoms with Crippen molar-refractivity contribution >= 4 is 35.0 Å². The van der Waals surface area contributed by atoms with Crippen molar-refractivity contribution in [3.05, 3.63) is 27.7 Å². The van der Waals surface area contributed by atoms with Crippen LogP contribution in [-0.2, 0) is 0 Å². The summed E-state index contributed by atoms with van der Waals surface area (Å²) in [7, 11) is 0. The molecule has 2 rings (SSSR count). The second-order valence-corrected chi connectivity index (χ2v) is 5.79. The maximum absolute atomic E-state index is 6.31. The first kappa shape index (κ1) is 12.6. The van der Waals surface area contributed by atoms with Gasteiger partial charge in [0.15, 0.2) is 0 Å². The van der Waals surface area contributed by atoms with E-state index in [4.69, 9.17) is 23.2 Å². The number of fused-ring (bicyclic) bond motifs is 1. The quantitative estimate of drug-likeness (QED) is 0.851. The zero-order valence-electron chi connectivity index (χ0n) is 9.22. The predicted molar refractivity (Wildman–Crippen MR) is 72.8 cm³/mol. The summed E-state index contributed by atoms with van der Waals surface area (Å²) < 4.78 is 0. The van der Waals surface area contributed by atoms with Crippen LogP contribution in [0.25, 0.3) is 0 Å². The van der Waals surface area contributed by atoms with Crippen LogP contribution in [0.15, 0.2) is 17.0 Å². The highest BCUT2D eigenvalue weighted by Crippen LogP contribution is 2.42. The van der Waals surface area contributed by atoms with Crippen LogP contribution in [0, 0.1) is 0 Å². The van der Waals surface area contributed by atoms with Crippen molar-refractivity contribution in [3.8, 4) is 0 Å². The largest absolute Gasteiger partial charge is 0.310 e. The maximum atomic E-state index is 6.31. The first-order chi connectivity index (χ1) is 7.74. The molecule has 16 heavy (non-hydrogen) atoms. The summed E-state index contributed by atoms with van der Waals surface area (Å²) in [6, 6.07) is 4.14. The summed E-state index contributed by atoms with van der Waals surface area (Å²) >= 11 is 14.4. The Bertz CT molecular complexity index is 382. The summed E-state index contributed by atoms with van der Waals surface area (Å²) in [5.41, 5.74) is 1.19. The van der Waals surface area contributed by atoms with Crippen molar-refractivity contribution in [3.63, 3.8) is 0 Å². The lowest BCUT2D eigenvalue weighted by Crippen LogP contribution is -2.21. The van der Waals surface area contributed by atoms with E-state index in [1.54, 1.807) is 0 Å². The topological polar surface area (TPSA) is 12.0 Å². The second-order valence-electron chi connectivity index (χ2n) is 3.87. The predicted octanol–water partition coefficient (Wildman–Crippen LogP) is 4.53. The van der Waals surface area contributed by atoms with E-state index >= 15 is 0 Å². The molecule has 1 nitrogen and oxygen atoms in total. The highest BCUT2D eigenvalue weighted by molar-refractivity contribution is 7.99. The lowest BCUT2D eigenvalue weighted by Gasteiger charge is -2.20. The number of hydrogen-bond acceptors (Lipinski definition) is 2. The van der Waals surface area contributed by atoms with Crippen LogP contribution in [0.2, 0.25) is 10.0 Å². The van der Waals surface area contributed by atoms with E-state index in [0.717, 1.165) is 33.7 Å². The summed E-state index contributed by atoms with van der Waals surface area (Å²) in [5, 5.41) is 5.15. The summed E-state index contributed by atoms with van der Waals surface area (Å²) in [6.45, 7) is 3.08. The van der Waals surface area contributed by atoms with Gasteiger partial charge in [-0.15, -0.1) is 11.8 Å². The normalized spacial score (nSPS) is 20.3. The highest BCUT2D eigenvalue weighted by atomic mass is 35.5. The van der Waals surface area contributed by atoms with Crippen LogP contribution in [-0.4, -0.2) is 12.3 Å². The zero-order chi connectivity index (χ0) is 11.5. The van der Waals surface area contributed by atoms with Gasteiger partial charge in [-0.25, -0.2) is 0 Å². The van der Waals surface area contributed by atoms with Crippen molar-refractivity contribution in [1.82, 2.24) is 5.32 Å². The standard InChI is InChI=1S/C12H15Cl2NS/c1-2-15-10-4-3-7-16-12-9(14)6-5-8(13)11(10)12/h5-6,10,15H,2-4,7H2,1H3. The van der Waals surface area contributed by atoms with Gasteiger partial charge in [-0.3, -0.25) is 0 Å². The Morgan fingerprint density at radius 2 is 2.12 bits per heavy atom. The third-order valence-electron chi connectivity index (χ3n) is 2.78. The number of hydrogen-bond donors (Lipinski definition) is 1. The van der Waals surface area contributed by atoms with Gasteiger partial charge in [-0.1, -0.05) is 30.1 Å². The number of nitrogens with one attached hydrogen (secondary N) is 1. The molecular weight excluding hydrogens is 261 g/mol. The minimum absolute atomic E-state index is 0.348. The number of thioether (sulfide) groups is 1. The van der Waals surface area contributed by atoms with E-state index in [1.165, 1.54) is 12.0 Å². The zero-order valence-corrected chi connectivity index (χ0v) is 11.6. The van der Waals surface area contributed by atoms with Crippen molar-refractivity contribution < 1.29 is 0 Å². The molecule has 0 saturated carbocycles. The van der Waals surface area contributed by atoms with Gasteiger partial charge in [-0.05, 0) is 37.3 Å². The van der Waals surface area contributed by atoms with Crippen LogP contribution in [0.1, 0.15) is 31.4 Å². The Morgan fingerprint density at radius 3 is 2.88 bits per heavy atom. The van der Waals surface area contributed by atoms with Gasteiger partial charge in [0.25, 0.3) is 0 Å². The Kier molecular flexibility index (Phi) is 4.42. The lowest BCUT2D eigenvalue weighted by atomic mass is 10.0. The molecule has 0 saturated heterocycles. The third-order valence-corrected chi connectivity index (χ3v) is 4.76. The van der Waals surface area contributed by atoms with E-state index in [9.17, 15) is 0 Å². The molecule has 1 aliphatic rings. The van der Waals surface area contributed by atoms with Crippen molar-refractivity contribution in [2.75, 3.05) is 12.3 Å². The van der Waals surface area contributed by atoms with E-state index in [2.05, 4.69) is 12.2 Å². The first-order valence-electron chi connectivity index (χ1n) is 5.58. The van der Waals surface area contributed by atoms with Crippen LogP contribution in [0.3, 0.4) is 0 Å². The van der Waals surface area contributed by atoms with Gasteiger partial charge in [0, 0.05) is 21.5 Å². The Morgan fingerprint density at radius 1 is 1.38 bits per heavy atom. The summed E-state index contributed by atoms with van der Waals surface area (Å²) in [5.74, 6) is 1.12. The highest BCUT2D eigenvalue weighted by Gasteiger charge is 2.22. The van der Waals surface area contributed by atoms with Crippen LogP contribution >= 0.6 is 35.0 Å². The molecule has 0 fully saturated rings. The third kappa shape index (κ3) is 2.51. The molecule has 1 aliphatic heterocycles. The lowest BCUT2D eigenvalue weighted by molar-refractivity contribution is 0.509. The van der Waals surface area contributed by atoms with Crippen LogP contribution in [0.4, 0.5) is 0 Å². The maximum Gasteiger partial charge on any atom is 0.0546 e. The molecule has 0 aliphatic carbocycles. The fourth-order valence-electron chi connectivity index (χ4n) is 2.08. The molecule has 1 unspecified atom stereocenters. The van der Waals surface area contributed by atoms with Gasteiger partial charge >= 0.3 is 0 Å². The summed E-state index contributed by atoms with van der Waals surface area (Å²) in [4.78, 5) is 1.16.